The molecule has 1 heterocycles. The molecule has 2 aromatic carbocycles. The van der Waals surface area contributed by atoms with Gasteiger partial charge in [0.05, 0.1) is 22.0 Å². The van der Waals surface area contributed by atoms with Gasteiger partial charge >= 0.3 is 0 Å². The Balaban J connectivity index is 1.85. The number of nitro benzene ring substituents is 1. The Hall–Kier alpha value is -3.15. The van der Waals surface area contributed by atoms with Gasteiger partial charge in [-0.05, 0) is 19.1 Å². The van der Waals surface area contributed by atoms with E-state index in [0.29, 0.717) is 0 Å². The van der Waals surface area contributed by atoms with E-state index in [1.165, 1.54) is 12.1 Å². The average molecular weight is 294 g/mol. The van der Waals surface area contributed by atoms with E-state index in [1.807, 2.05) is 37.3 Å². The molecule has 1 N–H and O–H groups in total. The molecule has 0 aliphatic carbocycles. The van der Waals surface area contributed by atoms with Crippen molar-refractivity contribution in [1.29, 1.82) is 0 Å². The van der Waals surface area contributed by atoms with E-state index in [4.69, 9.17) is 0 Å². The van der Waals surface area contributed by atoms with Gasteiger partial charge in [0.25, 0.3) is 5.69 Å². The van der Waals surface area contributed by atoms with Gasteiger partial charge in [0.2, 0.25) is 0 Å². The van der Waals surface area contributed by atoms with Crippen LogP contribution >= 0.6 is 0 Å². The molecule has 0 fully saturated rings. The van der Waals surface area contributed by atoms with Gasteiger partial charge in [0.15, 0.2) is 0 Å². The molecule has 0 unspecified atom stereocenters. The SMILES string of the molecule is Cc1c(-c2ccccc2)ncn1Nc1ccc([N+](=O)[O-])cc1. The fourth-order valence-corrected chi connectivity index (χ4v) is 2.20. The summed E-state index contributed by atoms with van der Waals surface area (Å²) < 4.78 is 1.80. The van der Waals surface area contributed by atoms with Crippen molar-refractivity contribution in [3.8, 4) is 11.3 Å². The Bertz CT molecular complexity index is 795. The number of hydrogen-bond donors (Lipinski definition) is 1. The number of nitrogens with zero attached hydrogens (tertiary/aromatic N) is 3. The molecule has 3 rings (SSSR count). The maximum absolute atomic E-state index is 10.7. The molecule has 0 aliphatic rings. The number of hydrogen-bond acceptors (Lipinski definition) is 4. The van der Waals surface area contributed by atoms with E-state index in [-0.39, 0.29) is 5.69 Å². The summed E-state index contributed by atoms with van der Waals surface area (Å²) in [6.07, 6.45) is 1.69. The smallest absolute Gasteiger partial charge is 0.269 e. The molecule has 0 amide bonds. The van der Waals surface area contributed by atoms with Crippen LogP contribution in [0.4, 0.5) is 11.4 Å². The van der Waals surface area contributed by atoms with Crippen molar-refractivity contribution in [2.75, 3.05) is 5.43 Å². The highest BCUT2D eigenvalue weighted by atomic mass is 16.6. The highest BCUT2D eigenvalue weighted by molar-refractivity contribution is 5.62. The summed E-state index contributed by atoms with van der Waals surface area (Å²) in [4.78, 5) is 14.7. The van der Waals surface area contributed by atoms with Gasteiger partial charge in [-0.1, -0.05) is 30.3 Å². The Morgan fingerprint density at radius 2 is 1.77 bits per heavy atom. The van der Waals surface area contributed by atoms with Crippen LogP contribution in [0.3, 0.4) is 0 Å². The standard InChI is InChI=1S/C16H14N4O2/c1-12-16(13-5-3-2-4-6-13)17-11-19(12)18-14-7-9-15(10-8-14)20(21)22/h2-11,18H,1H3. The zero-order valence-electron chi connectivity index (χ0n) is 11.9. The molecular weight excluding hydrogens is 280 g/mol. The van der Waals surface area contributed by atoms with E-state index in [0.717, 1.165) is 22.6 Å². The second-order valence-corrected chi connectivity index (χ2v) is 4.83. The summed E-state index contributed by atoms with van der Waals surface area (Å²) in [5.74, 6) is 0. The molecule has 3 aromatic rings. The first-order valence-corrected chi connectivity index (χ1v) is 6.76. The lowest BCUT2D eigenvalue weighted by Gasteiger charge is -2.09. The van der Waals surface area contributed by atoms with E-state index in [9.17, 15) is 10.1 Å². The average Bonchev–Trinajstić information content (AvgIpc) is 2.90. The van der Waals surface area contributed by atoms with Crippen LogP contribution in [0.1, 0.15) is 5.69 Å². The van der Waals surface area contributed by atoms with Crippen LogP contribution in [-0.2, 0) is 0 Å². The van der Waals surface area contributed by atoms with Crippen molar-refractivity contribution in [1.82, 2.24) is 9.66 Å². The Kier molecular flexibility index (Phi) is 3.57. The van der Waals surface area contributed by atoms with Crippen molar-refractivity contribution in [2.45, 2.75) is 6.92 Å². The maximum Gasteiger partial charge on any atom is 0.269 e. The fraction of sp³-hybridized carbons (Fsp3) is 0.0625. The number of rotatable bonds is 4. The lowest BCUT2D eigenvalue weighted by Crippen LogP contribution is -2.09. The lowest BCUT2D eigenvalue weighted by molar-refractivity contribution is -0.384. The number of non-ortho nitro benzene ring substituents is 1. The summed E-state index contributed by atoms with van der Waals surface area (Å²) in [6.45, 7) is 1.97. The third-order valence-electron chi connectivity index (χ3n) is 3.38. The quantitative estimate of drug-likeness (QED) is 0.589. The minimum absolute atomic E-state index is 0.0675. The van der Waals surface area contributed by atoms with Gasteiger partial charge in [-0.2, -0.15) is 0 Å². The number of nitrogens with one attached hydrogen (secondary N) is 1. The van der Waals surface area contributed by atoms with Crippen LogP contribution in [-0.4, -0.2) is 14.6 Å². The normalized spacial score (nSPS) is 10.4. The molecule has 0 spiro atoms. The third-order valence-corrected chi connectivity index (χ3v) is 3.38. The fourth-order valence-electron chi connectivity index (χ4n) is 2.20. The predicted octanol–water partition coefficient (Wildman–Crippen LogP) is 3.64. The minimum Gasteiger partial charge on any atom is -0.293 e. The summed E-state index contributed by atoms with van der Waals surface area (Å²) >= 11 is 0. The van der Waals surface area contributed by atoms with E-state index < -0.39 is 4.92 Å². The first kappa shape index (κ1) is 13.8. The van der Waals surface area contributed by atoms with Gasteiger partial charge in [0.1, 0.15) is 6.33 Å². The molecule has 6 heteroatoms. The number of benzene rings is 2. The Morgan fingerprint density at radius 1 is 1.09 bits per heavy atom. The Morgan fingerprint density at radius 3 is 2.41 bits per heavy atom. The first-order chi connectivity index (χ1) is 10.6. The zero-order valence-corrected chi connectivity index (χ0v) is 11.9. The molecule has 0 bridgehead atoms. The molecule has 1 aromatic heterocycles. The highest BCUT2D eigenvalue weighted by Gasteiger charge is 2.09. The summed E-state index contributed by atoms with van der Waals surface area (Å²) in [7, 11) is 0. The number of aromatic nitrogens is 2. The highest BCUT2D eigenvalue weighted by Crippen LogP contribution is 2.22. The van der Waals surface area contributed by atoms with Crippen molar-refractivity contribution in [3.05, 3.63) is 76.7 Å². The molecule has 6 nitrogen and oxygen atoms in total. The number of nitro groups is 1. The first-order valence-electron chi connectivity index (χ1n) is 6.76. The Labute approximate surface area is 127 Å². The van der Waals surface area contributed by atoms with Crippen LogP contribution in [0.2, 0.25) is 0 Å². The van der Waals surface area contributed by atoms with Crippen molar-refractivity contribution in [3.63, 3.8) is 0 Å². The van der Waals surface area contributed by atoms with Gasteiger partial charge in [0, 0.05) is 17.7 Å². The van der Waals surface area contributed by atoms with E-state index in [2.05, 4.69) is 10.4 Å². The second-order valence-electron chi connectivity index (χ2n) is 4.83. The third kappa shape index (κ3) is 2.67. The van der Waals surface area contributed by atoms with Gasteiger partial charge < -0.3 is 0 Å². The van der Waals surface area contributed by atoms with Gasteiger partial charge in [-0.3, -0.25) is 15.5 Å². The van der Waals surface area contributed by atoms with Gasteiger partial charge in [-0.25, -0.2) is 9.66 Å². The summed E-state index contributed by atoms with van der Waals surface area (Å²) in [5, 5.41) is 10.7. The molecule has 0 saturated heterocycles. The van der Waals surface area contributed by atoms with Gasteiger partial charge in [-0.15, -0.1) is 0 Å². The van der Waals surface area contributed by atoms with Crippen LogP contribution in [0, 0.1) is 17.0 Å². The molecule has 0 aliphatic heterocycles. The molecule has 0 saturated carbocycles. The number of anilines is 1. The van der Waals surface area contributed by atoms with Crippen molar-refractivity contribution < 1.29 is 4.92 Å². The largest absolute Gasteiger partial charge is 0.293 e. The zero-order chi connectivity index (χ0) is 15.5. The predicted molar refractivity (Wildman–Crippen MR) is 84.5 cm³/mol. The van der Waals surface area contributed by atoms with E-state index in [1.54, 1.807) is 23.1 Å². The number of imidazole rings is 1. The molecule has 0 atom stereocenters. The molecule has 0 radical (unpaired) electrons. The summed E-state index contributed by atoms with van der Waals surface area (Å²) in [6, 6.07) is 16.2. The lowest BCUT2D eigenvalue weighted by atomic mass is 10.1. The van der Waals surface area contributed by atoms with Crippen molar-refractivity contribution in [2.24, 2.45) is 0 Å². The van der Waals surface area contributed by atoms with Crippen LogP contribution in [0.25, 0.3) is 11.3 Å². The van der Waals surface area contributed by atoms with Crippen LogP contribution in [0.15, 0.2) is 60.9 Å². The molecular formula is C16H14N4O2. The molecule has 110 valence electrons. The second kappa shape index (κ2) is 5.69. The van der Waals surface area contributed by atoms with E-state index >= 15 is 0 Å². The topological polar surface area (TPSA) is 73.0 Å². The van der Waals surface area contributed by atoms with Crippen LogP contribution in [0.5, 0.6) is 0 Å². The maximum atomic E-state index is 10.7. The summed E-state index contributed by atoms with van der Waals surface area (Å²) in [5.41, 5.74) is 6.89. The molecule has 22 heavy (non-hydrogen) atoms. The monoisotopic (exact) mass is 294 g/mol. The van der Waals surface area contributed by atoms with Crippen molar-refractivity contribution >= 4 is 11.4 Å². The minimum atomic E-state index is -0.417. The van der Waals surface area contributed by atoms with Crippen LogP contribution < -0.4 is 5.43 Å².